The van der Waals surface area contributed by atoms with Crippen LogP contribution in [0.3, 0.4) is 0 Å². The summed E-state index contributed by atoms with van der Waals surface area (Å²) in [6.45, 7) is 1.70. The minimum Gasteiger partial charge on any atom is -0.497 e. The van der Waals surface area contributed by atoms with Gasteiger partial charge in [-0.05, 0) is 48.9 Å². The van der Waals surface area contributed by atoms with Crippen LogP contribution >= 0.6 is 0 Å². The number of hydrogen-bond donors (Lipinski definition) is 1. The molecule has 1 heterocycles. The van der Waals surface area contributed by atoms with Crippen LogP contribution in [-0.4, -0.2) is 25.3 Å². The second kappa shape index (κ2) is 7.26. The van der Waals surface area contributed by atoms with E-state index < -0.39 is 5.91 Å². The van der Waals surface area contributed by atoms with Crippen LogP contribution in [0.5, 0.6) is 11.5 Å². The molecule has 0 radical (unpaired) electrons. The summed E-state index contributed by atoms with van der Waals surface area (Å²) in [5.41, 5.74) is 1.81. The molecule has 0 bridgehead atoms. The molecule has 1 aromatic heterocycles. The lowest BCUT2D eigenvalue weighted by atomic mass is 10.1. The molecule has 0 spiro atoms. The molecule has 0 aliphatic rings. The van der Waals surface area contributed by atoms with E-state index in [2.05, 4.69) is 10.5 Å². The summed E-state index contributed by atoms with van der Waals surface area (Å²) in [5, 5.41) is 6.49. The number of carbonyl (C=O) groups excluding carboxylic acids is 1. The van der Waals surface area contributed by atoms with E-state index >= 15 is 0 Å². The van der Waals surface area contributed by atoms with Crippen molar-refractivity contribution in [1.82, 2.24) is 5.16 Å². The fraction of sp³-hybridized carbons (Fsp3) is 0.158. The average molecular weight is 356 g/mol. The molecule has 3 rings (SSSR count). The van der Waals surface area contributed by atoms with Crippen molar-refractivity contribution in [1.29, 1.82) is 0 Å². The van der Waals surface area contributed by atoms with E-state index in [1.54, 1.807) is 32.2 Å². The van der Waals surface area contributed by atoms with Gasteiger partial charge in [-0.1, -0.05) is 5.16 Å². The number of nitrogens with zero attached hydrogens (tertiary/aromatic N) is 1. The molecule has 0 atom stereocenters. The van der Waals surface area contributed by atoms with Gasteiger partial charge in [-0.2, -0.15) is 0 Å². The molecule has 7 heteroatoms. The highest BCUT2D eigenvalue weighted by Gasteiger charge is 2.18. The van der Waals surface area contributed by atoms with E-state index in [4.69, 9.17) is 14.0 Å². The first-order chi connectivity index (χ1) is 12.5. The van der Waals surface area contributed by atoms with Crippen LogP contribution in [0.2, 0.25) is 0 Å². The van der Waals surface area contributed by atoms with Gasteiger partial charge in [0.1, 0.15) is 17.3 Å². The molecule has 1 N–H and O–H groups in total. The molecule has 2 aromatic carbocycles. The number of hydrogen-bond acceptors (Lipinski definition) is 5. The van der Waals surface area contributed by atoms with Gasteiger partial charge in [0, 0.05) is 11.8 Å². The second-order valence-electron chi connectivity index (χ2n) is 5.56. The predicted octanol–water partition coefficient (Wildman–Crippen LogP) is 4.06. The molecule has 0 fully saturated rings. The minimum absolute atomic E-state index is 0.0913. The molecule has 1 amide bonds. The van der Waals surface area contributed by atoms with Crippen molar-refractivity contribution in [2.45, 2.75) is 6.92 Å². The van der Waals surface area contributed by atoms with Crippen LogP contribution in [0, 0.1) is 12.7 Å². The summed E-state index contributed by atoms with van der Waals surface area (Å²) in [7, 11) is 3.09. The van der Waals surface area contributed by atoms with Crippen LogP contribution in [0.25, 0.3) is 11.3 Å². The second-order valence-corrected chi connectivity index (χ2v) is 5.56. The maximum absolute atomic E-state index is 13.2. The Bertz CT molecular complexity index is 952. The molecule has 0 aliphatic carbocycles. The summed E-state index contributed by atoms with van der Waals surface area (Å²) < 4.78 is 29.0. The maximum Gasteiger partial charge on any atom is 0.277 e. The molecule has 0 saturated carbocycles. The van der Waals surface area contributed by atoms with Gasteiger partial charge in [0.15, 0.2) is 11.5 Å². The number of ether oxygens (including phenoxy) is 2. The van der Waals surface area contributed by atoms with Gasteiger partial charge in [0.05, 0.1) is 19.8 Å². The molecule has 134 valence electrons. The normalized spacial score (nSPS) is 10.5. The fourth-order valence-corrected chi connectivity index (χ4v) is 2.47. The van der Waals surface area contributed by atoms with Crippen molar-refractivity contribution in [3.8, 4) is 22.8 Å². The highest BCUT2D eigenvalue weighted by molar-refractivity contribution is 6.03. The Morgan fingerprint density at radius 1 is 1.12 bits per heavy atom. The molecular formula is C19H17FN2O4. The largest absolute Gasteiger partial charge is 0.497 e. The number of halogens is 1. The summed E-state index contributed by atoms with van der Waals surface area (Å²) in [5.74, 6) is 0.709. The lowest BCUT2D eigenvalue weighted by Crippen LogP contribution is -2.13. The van der Waals surface area contributed by atoms with Gasteiger partial charge in [-0.15, -0.1) is 0 Å². The number of anilines is 1. The lowest BCUT2D eigenvalue weighted by Gasteiger charge is -2.07. The predicted molar refractivity (Wildman–Crippen MR) is 94.1 cm³/mol. The maximum atomic E-state index is 13.2. The van der Waals surface area contributed by atoms with E-state index in [1.807, 2.05) is 0 Å². The Morgan fingerprint density at radius 3 is 2.62 bits per heavy atom. The van der Waals surface area contributed by atoms with Crippen molar-refractivity contribution in [2.75, 3.05) is 19.5 Å². The standard InChI is InChI=1S/C19H17FN2O4/c1-11-8-12(20)4-6-15(11)21-19(23)16-10-18(26-22-16)14-9-13(24-2)5-7-17(14)25-3/h4-10H,1-3H3,(H,21,23). The quantitative estimate of drug-likeness (QED) is 0.746. The topological polar surface area (TPSA) is 73.6 Å². The number of amides is 1. The van der Waals surface area contributed by atoms with Crippen molar-refractivity contribution >= 4 is 11.6 Å². The molecule has 0 unspecified atom stereocenters. The number of methoxy groups -OCH3 is 2. The van der Waals surface area contributed by atoms with Gasteiger partial charge < -0.3 is 19.3 Å². The fourth-order valence-electron chi connectivity index (χ4n) is 2.47. The first-order valence-electron chi connectivity index (χ1n) is 7.78. The third-order valence-electron chi connectivity index (χ3n) is 3.85. The van der Waals surface area contributed by atoms with Crippen LogP contribution in [0.15, 0.2) is 47.0 Å². The lowest BCUT2D eigenvalue weighted by molar-refractivity contribution is 0.101. The summed E-state index contributed by atoms with van der Waals surface area (Å²) in [6.07, 6.45) is 0. The zero-order valence-electron chi connectivity index (χ0n) is 14.5. The van der Waals surface area contributed by atoms with Gasteiger partial charge in [0.2, 0.25) is 0 Å². The Balaban J connectivity index is 1.87. The molecule has 0 aliphatic heterocycles. The summed E-state index contributed by atoms with van der Waals surface area (Å²) >= 11 is 0. The van der Waals surface area contributed by atoms with Crippen LogP contribution < -0.4 is 14.8 Å². The number of nitrogens with one attached hydrogen (secondary N) is 1. The van der Waals surface area contributed by atoms with Crippen molar-refractivity contribution in [3.63, 3.8) is 0 Å². The van der Waals surface area contributed by atoms with Gasteiger partial charge >= 0.3 is 0 Å². The number of benzene rings is 2. The van der Waals surface area contributed by atoms with Gasteiger partial charge in [-0.3, -0.25) is 4.79 Å². The third kappa shape index (κ3) is 3.51. The van der Waals surface area contributed by atoms with Gasteiger partial charge in [0.25, 0.3) is 5.91 Å². The number of carbonyl (C=O) groups is 1. The summed E-state index contributed by atoms with van der Waals surface area (Å²) in [4.78, 5) is 12.4. The highest BCUT2D eigenvalue weighted by atomic mass is 19.1. The number of aromatic nitrogens is 1. The Labute approximate surface area is 149 Å². The smallest absolute Gasteiger partial charge is 0.277 e. The van der Waals surface area contributed by atoms with Crippen LogP contribution in [-0.2, 0) is 0 Å². The monoisotopic (exact) mass is 356 g/mol. The Kier molecular flexibility index (Phi) is 4.88. The molecule has 6 nitrogen and oxygen atoms in total. The van der Waals surface area contributed by atoms with E-state index in [9.17, 15) is 9.18 Å². The van der Waals surface area contributed by atoms with Crippen LogP contribution in [0.1, 0.15) is 16.1 Å². The zero-order valence-corrected chi connectivity index (χ0v) is 14.5. The number of rotatable bonds is 5. The van der Waals surface area contributed by atoms with E-state index in [-0.39, 0.29) is 11.5 Å². The first-order valence-corrected chi connectivity index (χ1v) is 7.78. The molecule has 0 saturated heterocycles. The Morgan fingerprint density at radius 2 is 1.92 bits per heavy atom. The van der Waals surface area contributed by atoms with E-state index in [1.165, 1.54) is 31.4 Å². The molecule has 3 aromatic rings. The zero-order chi connectivity index (χ0) is 18.7. The average Bonchev–Trinajstić information content (AvgIpc) is 3.13. The number of aryl methyl sites for hydroxylation is 1. The third-order valence-corrected chi connectivity index (χ3v) is 3.85. The van der Waals surface area contributed by atoms with Crippen molar-refractivity contribution in [2.24, 2.45) is 0 Å². The first kappa shape index (κ1) is 17.5. The highest BCUT2D eigenvalue weighted by Crippen LogP contribution is 2.33. The van der Waals surface area contributed by atoms with E-state index in [0.29, 0.717) is 34.1 Å². The van der Waals surface area contributed by atoms with Gasteiger partial charge in [-0.25, -0.2) is 4.39 Å². The van der Waals surface area contributed by atoms with Crippen LogP contribution in [0.4, 0.5) is 10.1 Å². The minimum atomic E-state index is -0.462. The van der Waals surface area contributed by atoms with E-state index in [0.717, 1.165) is 0 Å². The summed E-state index contributed by atoms with van der Waals surface area (Å²) in [6, 6.07) is 10.8. The Hall–Kier alpha value is -3.35. The molecule has 26 heavy (non-hydrogen) atoms. The molecular weight excluding hydrogens is 339 g/mol. The van der Waals surface area contributed by atoms with Crippen molar-refractivity contribution in [3.05, 3.63) is 59.5 Å². The van der Waals surface area contributed by atoms with Crippen molar-refractivity contribution < 1.29 is 23.2 Å². The SMILES string of the molecule is COc1ccc(OC)c(-c2cc(C(=O)Nc3ccc(F)cc3C)no2)c1.